The lowest BCUT2D eigenvalue weighted by atomic mass is 9.93. The van der Waals surface area contributed by atoms with E-state index in [-0.39, 0.29) is 12.4 Å². The predicted octanol–water partition coefficient (Wildman–Crippen LogP) is -2.97. The van der Waals surface area contributed by atoms with Crippen LogP contribution in [0.1, 0.15) is 12.8 Å². The molecule has 3 heterocycles. The van der Waals surface area contributed by atoms with E-state index in [2.05, 4.69) is 21.9 Å². The van der Waals surface area contributed by atoms with E-state index in [1.165, 1.54) is 42.2 Å². The molecule has 0 aromatic carbocycles. The summed E-state index contributed by atoms with van der Waals surface area (Å²) < 4.78 is 0. The summed E-state index contributed by atoms with van der Waals surface area (Å²) >= 11 is 0. The third-order valence-corrected chi connectivity index (χ3v) is 3.58. The number of piperidine rings is 1. The second kappa shape index (κ2) is 5.12. The number of halogens is 1. The maximum Gasteiger partial charge on any atom is 0.198 e. The van der Waals surface area contributed by atoms with Crippen LogP contribution in [0, 0.1) is 5.92 Å². The minimum atomic E-state index is 0. The lowest BCUT2D eigenvalue weighted by molar-refractivity contribution is -0.682. The number of aliphatic imine (C=N–C) groups is 2. The Hall–Kier alpha value is -0.970. The molecule has 17 heavy (non-hydrogen) atoms. The Kier molecular flexibility index (Phi) is 3.76. The van der Waals surface area contributed by atoms with Crippen molar-refractivity contribution in [2.24, 2.45) is 15.9 Å². The molecule has 1 N–H and O–H groups in total. The second-order valence-electron chi connectivity index (χ2n) is 4.68. The fourth-order valence-corrected chi connectivity index (χ4v) is 2.55. The van der Waals surface area contributed by atoms with Crippen LogP contribution in [-0.2, 0) is 0 Å². The van der Waals surface area contributed by atoms with Crippen LogP contribution in [0.25, 0.3) is 0 Å². The van der Waals surface area contributed by atoms with Gasteiger partial charge in [0, 0.05) is 5.92 Å². The van der Waals surface area contributed by atoms with E-state index < -0.39 is 0 Å². The van der Waals surface area contributed by atoms with Gasteiger partial charge < -0.3 is 17.3 Å². The number of allylic oxidation sites excluding steroid dienone is 2. The zero-order valence-electron chi connectivity index (χ0n) is 9.93. The number of nitrogens with zero attached hydrogens (tertiary/aromatic N) is 3. The molecule has 0 radical (unpaired) electrons. The second-order valence-corrected chi connectivity index (χ2v) is 4.68. The number of quaternary nitrogens is 1. The van der Waals surface area contributed by atoms with Crippen LogP contribution in [0.5, 0.6) is 0 Å². The summed E-state index contributed by atoms with van der Waals surface area (Å²) in [5, 5.41) is 0. The number of hydrogen-bond donors (Lipinski definition) is 1. The molecule has 0 aromatic rings. The summed E-state index contributed by atoms with van der Waals surface area (Å²) in [5.41, 5.74) is 2.51. The maximum atomic E-state index is 4.59. The zero-order valence-corrected chi connectivity index (χ0v) is 10.7. The number of nitrogens with one attached hydrogen (secondary N) is 1. The summed E-state index contributed by atoms with van der Waals surface area (Å²) in [5.74, 6) is 0.623. The van der Waals surface area contributed by atoms with Gasteiger partial charge in [-0.05, 0) is 33.0 Å². The summed E-state index contributed by atoms with van der Waals surface area (Å²) in [6.07, 6.45) is 10.2. The van der Waals surface area contributed by atoms with Crippen LogP contribution in [-0.4, -0.2) is 37.6 Å². The molecule has 1 unspecified atom stereocenters. The molecule has 0 amide bonds. The Bertz CT molecular complexity index is 403. The first-order valence-corrected chi connectivity index (χ1v) is 5.88. The first-order chi connectivity index (χ1) is 7.84. The molecule has 0 saturated carbocycles. The fourth-order valence-electron chi connectivity index (χ4n) is 2.55. The minimum absolute atomic E-state index is 0. The molecule has 5 heteroatoms. The van der Waals surface area contributed by atoms with Gasteiger partial charge in [0.25, 0.3) is 0 Å². The van der Waals surface area contributed by atoms with E-state index in [4.69, 9.17) is 0 Å². The quantitative estimate of drug-likeness (QED) is 0.531. The fraction of sp³-hybridized carbons (Fsp3) is 0.500. The van der Waals surface area contributed by atoms with Crippen molar-refractivity contribution in [3.05, 3.63) is 23.8 Å². The molecule has 3 rings (SSSR count). The summed E-state index contributed by atoms with van der Waals surface area (Å²) in [6, 6.07) is 0. The predicted molar refractivity (Wildman–Crippen MR) is 64.3 cm³/mol. The van der Waals surface area contributed by atoms with Gasteiger partial charge in [0.05, 0.1) is 12.4 Å². The van der Waals surface area contributed by atoms with E-state index >= 15 is 0 Å². The van der Waals surface area contributed by atoms with Crippen molar-refractivity contribution in [3.63, 3.8) is 0 Å². The highest BCUT2D eigenvalue weighted by atomic mass is 35.5. The lowest BCUT2D eigenvalue weighted by Crippen LogP contribution is -3.04. The number of rotatable bonds is 1. The molecule has 1 atom stereocenters. The molecule has 92 valence electrons. The summed E-state index contributed by atoms with van der Waals surface area (Å²) in [6.45, 7) is 2.36. The van der Waals surface area contributed by atoms with E-state index in [0.29, 0.717) is 5.92 Å². The standard InChI is InChI=1S/C12H16N4.ClH/c1-15-5-2-10(3-6-15)12-11-8-13-4-7-16(11)9-14-12;/h4,7-10H,2-3,5-6H2,1H3;1H. The van der Waals surface area contributed by atoms with Gasteiger partial charge in [-0.1, -0.05) is 0 Å². The average Bonchev–Trinajstić information content (AvgIpc) is 2.74. The van der Waals surface area contributed by atoms with Gasteiger partial charge >= 0.3 is 0 Å². The van der Waals surface area contributed by atoms with Gasteiger partial charge in [-0.15, -0.1) is 0 Å². The topological polar surface area (TPSA) is 32.4 Å². The van der Waals surface area contributed by atoms with Gasteiger partial charge in [-0.3, -0.25) is 4.99 Å². The highest BCUT2D eigenvalue weighted by molar-refractivity contribution is 5.81. The van der Waals surface area contributed by atoms with Crippen molar-refractivity contribution in [2.45, 2.75) is 12.8 Å². The Balaban J connectivity index is 0.00000108. The number of fused-ring (bicyclic) bond motifs is 1. The highest BCUT2D eigenvalue weighted by Gasteiger charge is 2.30. The van der Waals surface area contributed by atoms with Gasteiger partial charge in [-0.2, -0.15) is 0 Å². The monoisotopic (exact) mass is 252 g/mol. The van der Waals surface area contributed by atoms with Gasteiger partial charge in [0.1, 0.15) is 11.9 Å². The molecule has 1 fully saturated rings. The Morgan fingerprint density at radius 3 is 2.88 bits per heavy atom. The zero-order chi connectivity index (χ0) is 11.0. The largest absolute Gasteiger partial charge is 1.00 e. The third kappa shape index (κ3) is 2.34. The molecular weight excluding hydrogens is 236 g/mol. The van der Waals surface area contributed by atoms with Crippen LogP contribution in [0.15, 0.2) is 33.8 Å². The van der Waals surface area contributed by atoms with Crippen molar-refractivity contribution in [1.82, 2.24) is 4.90 Å². The van der Waals surface area contributed by atoms with Gasteiger partial charge in [-0.25, -0.2) is 9.89 Å². The molecular formula is C12H17ClN4. The van der Waals surface area contributed by atoms with E-state index in [1.54, 1.807) is 0 Å². The molecule has 4 nitrogen and oxygen atoms in total. The minimum Gasteiger partial charge on any atom is -1.00 e. The molecule has 0 spiro atoms. The van der Waals surface area contributed by atoms with Crippen molar-refractivity contribution in [1.29, 1.82) is 0 Å². The molecule has 1 saturated heterocycles. The van der Waals surface area contributed by atoms with Crippen molar-refractivity contribution >= 4 is 12.6 Å². The number of hydrogen-bond acceptors (Lipinski definition) is 3. The Labute approximate surface area is 108 Å². The van der Waals surface area contributed by atoms with Crippen LogP contribution >= 0.6 is 0 Å². The van der Waals surface area contributed by atoms with Crippen LogP contribution in [0.2, 0.25) is 0 Å². The third-order valence-electron chi connectivity index (χ3n) is 3.58. The van der Waals surface area contributed by atoms with Crippen LogP contribution in [0.3, 0.4) is 0 Å². The molecule has 3 aliphatic rings. The molecule has 0 aromatic heterocycles. The summed E-state index contributed by atoms with van der Waals surface area (Å²) in [7, 11) is 2.19. The molecule has 0 aliphatic carbocycles. The molecule has 0 bridgehead atoms. The van der Waals surface area contributed by atoms with Crippen molar-refractivity contribution in [3.8, 4) is 0 Å². The maximum absolute atomic E-state index is 4.59. The van der Waals surface area contributed by atoms with E-state index in [9.17, 15) is 0 Å². The van der Waals surface area contributed by atoms with E-state index in [1.807, 2.05) is 25.0 Å². The first-order valence-electron chi connectivity index (χ1n) is 5.88. The normalized spacial score (nSPS) is 28.4. The Morgan fingerprint density at radius 2 is 2.12 bits per heavy atom. The van der Waals surface area contributed by atoms with E-state index in [0.717, 1.165) is 0 Å². The Morgan fingerprint density at radius 1 is 1.35 bits per heavy atom. The van der Waals surface area contributed by atoms with Crippen LogP contribution in [0.4, 0.5) is 0 Å². The van der Waals surface area contributed by atoms with Crippen molar-refractivity contribution < 1.29 is 17.3 Å². The van der Waals surface area contributed by atoms with Crippen molar-refractivity contribution in [2.75, 3.05) is 20.1 Å². The average molecular weight is 253 g/mol. The SMILES string of the molecule is CN1CCC(C2=C3C=NC=C[NH+]3C=N2)CC1.[Cl-]. The van der Waals surface area contributed by atoms with Gasteiger partial charge in [0.2, 0.25) is 0 Å². The molecule has 3 aliphatic heterocycles. The van der Waals surface area contributed by atoms with Crippen LogP contribution < -0.4 is 17.3 Å². The smallest absolute Gasteiger partial charge is 0.198 e. The number of likely N-dealkylation sites (tertiary alicyclic amines) is 1. The first kappa shape index (κ1) is 12.5. The summed E-state index contributed by atoms with van der Waals surface area (Å²) in [4.78, 5) is 12.4. The van der Waals surface area contributed by atoms with Gasteiger partial charge in [0.15, 0.2) is 12.0 Å². The highest BCUT2D eigenvalue weighted by Crippen LogP contribution is 2.26. The lowest BCUT2D eigenvalue weighted by Gasteiger charge is -2.28.